The van der Waals surface area contributed by atoms with Crippen LogP contribution in [0, 0.1) is 0 Å². The minimum absolute atomic E-state index is 0.130. The van der Waals surface area contributed by atoms with Crippen molar-refractivity contribution in [2.75, 3.05) is 0 Å². The number of aliphatic carboxylic acids is 1. The number of rotatable bonds is 1. The van der Waals surface area contributed by atoms with Gasteiger partial charge in [-0.3, -0.25) is 4.79 Å². The van der Waals surface area contributed by atoms with E-state index in [0.29, 0.717) is 0 Å². The first kappa shape index (κ1) is 13.7. The second kappa shape index (κ2) is 5.58. The summed E-state index contributed by atoms with van der Waals surface area (Å²) in [6, 6.07) is 1.40. The van der Waals surface area contributed by atoms with Gasteiger partial charge in [-0.1, -0.05) is 0 Å². The Hall–Kier alpha value is -2.26. The third-order valence-corrected chi connectivity index (χ3v) is 0.998. The van der Waals surface area contributed by atoms with Crippen molar-refractivity contribution in [1.29, 1.82) is 0 Å². The molecule has 0 atom stereocenters. The SMILES string of the molecule is NC(=O)c1ccnnn1.O=C(O)C(F)(F)F. The lowest BCUT2D eigenvalue weighted by molar-refractivity contribution is -0.192. The van der Waals surface area contributed by atoms with Crippen molar-refractivity contribution in [1.82, 2.24) is 15.4 Å². The summed E-state index contributed by atoms with van der Waals surface area (Å²) in [5.74, 6) is -3.35. The first-order valence-corrected chi connectivity index (χ1v) is 3.49. The Morgan fingerprint density at radius 2 is 1.88 bits per heavy atom. The van der Waals surface area contributed by atoms with E-state index in [4.69, 9.17) is 15.6 Å². The van der Waals surface area contributed by atoms with Crippen molar-refractivity contribution in [3.63, 3.8) is 0 Å². The highest BCUT2D eigenvalue weighted by Crippen LogP contribution is 2.13. The molecule has 0 radical (unpaired) electrons. The van der Waals surface area contributed by atoms with E-state index in [9.17, 15) is 18.0 Å². The lowest BCUT2D eigenvalue weighted by atomic mass is 10.4. The second-order valence-corrected chi connectivity index (χ2v) is 2.17. The number of halogens is 3. The van der Waals surface area contributed by atoms with Crippen LogP contribution in [0.5, 0.6) is 0 Å². The number of nitrogens with zero attached hydrogens (tertiary/aromatic N) is 3. The molecule has 0 spiro atoms. The van der Waals surface area contributed by atoms with E-state index < -0.39 is 18.1 Å². The molecule has 1 amide bonds. The molecule has 7 nitrogen and oxygen atoms in total. The molecule has 0 bridgehead atoms. The van der Waals surface area contributed by atoms with Gasteiger partial charge >= 0.3 is 12.1 Å². The molecule has 10 heteroatoms. The zero-order valence-corrected chi connectivity index (χ0v) is 7.47. The number of amides is 1. The zero-order chi connectivity index (χ0) is 12.8. The van der Waals surface area contributed by atoms with E-state index >= 15 is 0 Å². The molecular formula is C6H5F3N4O3. The van der Waals surface area contributed by atoms with E-state index in [2.05, 4.69) is 15.4 Å². The van der Waals surface area contributed by atoms with Crippen LogP contribution in [-0.2, 0) is 4.79 Å². The average Bonchev–Trinajstić information content (AvgIpc) is 2.18. The average molecular weight is 238 g/mol. The summed E-state index contributed by atoms with van der Waals surface area (Å²) >= 11 is 0. The van der Waals surface area contributed by atoms with Gasteiger partial charge < -0.3 is 10.8 Å². The first-order valence-electron chi connectivity index (χ1n) is 3.49. The van der Waals surface area contributed by atoms with Crippen molar-refractivity contribution < 1.29 is 27.9 Å². The zero-order valence-electron chi connectivity index (χ0n) is 7.47. The molecule has 1 heterocycles. The predicted molar refractivity (Wildman–Crippen MR) is 42.0 cm³/mol. The molecule has 0 aliphatic heterocycles. The van der Waals surface area contributed by atoms with E-state index in [1.807, 2.05) is 0 Å². The second-order valence-electron chi connectivity index (χ2n) is 2.17. The Labute approximate surface area is 86.1 Å². The lowest BCUT2D eigenvalue weighted by Crippen LogP contribution is -2.21. The summed E-state index contributed by atoms with van der Waals surface area (Å²) in [4.78, 5) is 19.2. The van der Waals surface area contributed by atoms with E-state index in [0.717, 1.165) is 0 Å². The van der Waals surface area contributed by atoms with Crippen LogP contribution in [-0.4, -0.2) is 38.6 Å². The molecule has 0 unspecified atom stereocenters. The summed E-state index contributed by atoms with van der Waals surface area (Å²) < 4.78 is 31.7. The van der Waals surface area contributed by atoms with Gasteiger partial charge in [-0.2, -0.15) is 13.2 Å². The van der Waals surface area contributed by atoms with Gasteiger partial charge in [0.2, 0.25) is 0 Å². The van der Waals surface area contributed by atoms with Gasteiger partial charge in [0.05, 0.1) is 6.20 Å². The standard InChI is InChI=1S/C4H4N4O.C2HF3O2/c5-4(9)3-1-2-6-8-7-3;3-2(4,5)1(6)7/h1-2H,(H2,5,9);(H,6,7). The van der Waals surface area contributed by atoms with Crippen LogP contribution >= 0.6 is 0 Å². The number of primary amides is 1. The largest absolute Gasteiger partial charge is 0.490 e. The highest BCUT2D eigenvalue weighted by atomic mass is 19.4. The molecule has 1 aromatic rings. The minimum atomic E-state index is -5.08. The lowest BCUT2D eigenvalue weighted by Gasteiger charge is -1.93. The number of nitrogens with two attached hydrogens (primary N) is 1. The highest BCUT2D eigenvalue weighted by molar-refractivity contribution is 5.90. The van der Waals surface area contributed by atoms with E-state index in [1.54, 1.807) is 0 Å². The summed E-state index contributed by atoms with van der Waals surface area (Å²) in [6.07, 6.45) is -3.73. The summed E-state index contributed by atoms with van der Waals surface area (Å²) in [6.45, 7) is 0. The molecule has 0 saturated heterocycles. The molecule has 1 aromatic heterocycles. The van der Waals surface area contributed by atoms with Crippen LogP contribution in [0.25, 0.3) is 0 Å². The van der Waals surface area contributed by atoms with Crippen molar-refractivity contribution >= 4 is 11.9 Å². The number of carboxylic acid groups (broad SMARTS) is 1. The Kier molecular flexibility index (Phi) is 4.79. The maximum absolute atomic E-state index is 10.6. The van der Waals surface area contributed by atoms with Crippen molar-refractivity contribution in [3.8, 4) is 0 Å². The molecule has 3 N–H and O–H groups in total. The maximum Gasteiger partial charge on any atom is 0.490 e. The fourth-order valence-corrected chi connectivity index (χ4v) is 0.372. The quantitative estimate of drug-likeness (QED) is 0.687. The molecule has 0 fully saturated rings. The Morgan fingerprint density at radius 3 is 2.06 bits per heavy atom. The maximum atomic E-state index is 10.6. The third-order valence-electron chi connectivity index (χ3n) is 0.998. The van der Waals surface area contributed by atoms with Gasteiger partial charge in [0.15, 0.2) is 5.69 Å². The highest BCUT2D eigenvalue weighted by Gasteiger charge is 2.38. The minimum Gasteiger partial charge on any atom is -0.475 e. The van der Waals surface area contributed by atoms with Crippen LogP contribution < -0.4 is 5.73 Å². The number of carbonyl (C=O) groups excluding carboxylic acids is 1. The fraction of sp³-hybridized carbons (Fsp3) is 0.167. The fourth-order valence-electron chi connectivity index (χ4n) is 0.372. The number of alkyl halides is 3. The van der Waals surface area contributed by atoms with E-state index in [1.165, 1.54) is 12.3 Å². The number of hydrogen-bond acceptors (Lipinski definition) is 5. The third kappa shape index (κ3) is 5.47. The van der Waals surface area contributed by atoms with Crippen LogP contribution in [0.2, 0.25) is 0 Å². The molecular weight excluding hydrogens is 233 g/mol. The van der Waals surface area contributed by atoms with Crippen LogP contribution in [0.3, 0.4) is 0 Å². The van der Waals surface area contributed by atoms with Gasteiger partial charge in [0, 0.05) is 0 Å². The molecule has 0 aliphatic rings. The monoisotopic (exact) mass is 238 g/mol. The smallest absolute Gasteiger partial charge is 0.475 e. The Morgan fingerprint density at radius 1 is 1.38 bits per heavy atom. The predicted octanol–water partition coefficient (Wildman–Crippen LogP) is -0.396. The number of aromatic nitrogens is 3. The van der Waals surface area contributed by atoms with Crippen molar-refractivity contribution in [3.05, 3.63) is 18.0 Å². The van der Waals surface area contributed by atoms with Crippen molar-refractivity contribution in [2.45, 2.75) is 6.18 Å². The van der Waals surface area contributed by atoms with Gasteiger partial charge in [0.1, 0.15) is 0 Å². The summed E-state index contributed by atoms with van der Waals surface area (Å²) in [7, 11) is 0. The van der Waals surface area contributed by atoms with Gasteiger partial charge in [-0.05, 0) is 11.3 Å². The number of hydrogen-bond donors (Lipinski definition) is 2. The van der Waals surface area contributed by atoms with E-state index in [-0.39, 0.29) is 5.69 Å². The number of carboxylic acids is 1. The van der Waals surface area contributed by atoms with Gasteiger partial charge in [0.25, 0.3) is 5.91 Å². The normalized spacial score (nSPS) is 9.94. The molecule has 88 valence electrons. The Bertz CT molecular complexity index is 367. The first-order chi connectivity index (χ1) is 7.25. The summed E-state index contributed by atoms with van der Waals surface area (Å²) in [5.41, 5.74) is 4.97. The molecule has 0 saturated carbocycles. The summed E-state index contributed by atoms with van der Waals surface area (Å²) in [5, 5.41) is 17.0. The van der Waals surface area contributed by atoms with Gasteiger partial charge in [-0.15, -0.1) is 10.2 Å². The van der Waals surface area contributed by atoms with Gasteiger partial charge in [-0.25, -0.2) is 4.79 Å². The number of carbonyl (C=O) groups is 2. The molecule has 0 aliphatic carbocycles. The Balaban J connectivity index is 0.000000293. The van der Waals surface area contributed by atoms with Crippen molar-refractivity contribution in [2.24, 2.45) is 5.73 Å². The van der Waals surface area contributed by atoms with Crippen LogP contribution in [0.1, 0.15) is 10.5 Å². The molecule has 16 heavy (non-hydrogen) atoms. The van der Waals surface area contributed by atoms with Crippen LogP contribution in [0.15, 0.2) is 12.3 Å². The van der Waals surface area contributed by atoms with Crippen LogP contribution in [0.4, 0.5) is 13.2 Å². The molecule has 1 rings (SSSR count). The molecule has 0 aromatic carbocycles. The topological polar surface area (TPSA) is 119 Å².